The first-order chi connectivity index (χ1) is 10.8. The maximum atomic E-state index is 10.6. The number of carboxylic acid groups (broad SMARTS) is 1. The number of nitrogens with one attached hydrogen (secondary N) is 1. The molecule has 5 nitrogen and oxygen atoms in total. The third kappa shape index (κ3) is 5.36. The molecule has 0 spiro atoms. The van der Waals surface area contributed by atoms with E-state index in [1.54, 1.807) is 6.20 Å². The number of nitrogens with zero attached hydrogens (tertiary/aromatic N) is 2. The van der Waals surface area contributed by atoms with Crippen molar-refractivity contribution < 1.29 is 9.90 Å². The smallest absolute Gasteiger partial charge is 0.303 e. The Morgan fingerprint density at radius 1 is 1.05 bits per heavy atom. The molecular weight excluding hydrogens is 278 g/mol. The van der Waals surface area contributed by atoms with Gasteiger partial charge in [-0.3, -0.25) is 15.2 Å². The zero-order valence-corrected chi connectivity index (χ0v) is 12.3. The first-order valence-electron chi connectivity index (χ1n) is 7.26. The summed E-state index contributed by atoms with van der Waals surface area (Å²) in [4.78, 5) is 14.9. The summed E-state index contributed by atoms with van der Waals surface area (Å²) in [6.07, 6.45) is 3.99. The van der Waals surface area contributed by atoms with Gasteiger partial charge in [0.2, 0.25) is 0 Å². The highest BCUT2D eigenvalue weighted by Crippen LogP contribution is 2.10. The van der Waals surface area contributed by atoms with Gasteiger partial charge in [0.05, 0.1) is 17.1 Å². The summed E-state index contributed by atoms with van der Waals surface area (Å²) >= 11 is 0. The second-order valence-corrected chi connectivity index (χ2v) is 4.85. The second-order valence-electron chi connectivity index (χ2n) is 4.85. The summed E-state index contributed by atoms with van der Waals surface area (Å²) in [6, 6.07) is 15.4. The largest absolute Gasteiger partial charge is 0.481 e. The molecule has 0 bridgehead atoms. The van der Waals surface area contributed by atoms with Crippen molar-refractivity contribution in [2.24, 2.45) is 5.10 Å². The molecule has 0 aliphatic heterocycles. The normalized spacial score (nSPS) is 11.2. The third-order valence-electron chi connectivity index (χ3n) is 3.11. The lowest BCUT2D eigenvalue weighted by atomic mass is 10.1. The van der Waals surface area contributed by atoms with E-state index >= 15 is 0 Å². The molecule has 0 saturated heterocycles. The Hall–Kier alpha value is -2.69. The maximum absolute atomic E-state index is 10.6. The lowest BCUT2D eigenvalue weighted by Crippen LogP contribution is -2.07. The number of pyridine rings is 1. The highest BCUT2D eigenvalue weighted by molar-refractivity contribution is 5.99. The summed E-state index contributed by atoms with van der Waals surface area (Å²) in [6.45, 7) is 0. The van der Waals surface area contributed by atoms with E-state index < -0.39 is 5.97 Å². The van der Waals surface area contributed by atoms with Crippen LogP contribution in [0.15, 0.2) is 59.8 Å². The summed E-state index contributed by atoms with van der Waals surface area (Å²) in [7, 11) is 0. The molecular formula is C17H19N3O2. The van der Waals surface area contributed by atoms with Crippen molar-refractivity contribution in [3.8, 4) is 0 Å². The molecule has 2 rings (SSSR count). The van der Waals surface area contributed by atoms with Crippen LogP contribution >= 0.6 is 0 Å². The number of carbonyl (C=O) groups is 1. The van der Waals surface area contributed by atoms with Crippen LogP contribution in [0.5, 0.6) is 0 Å². The van der Waals surface area contributed by atoms with Gasteiger partial charge in [0, 0.05) is 12.6 Å². The number of benzene rings is 1. The van der Waals surface area contributed by atoms with Gasteiger partial charge in [0.1, 0.15) is 0 Å². The van der Waals surface area contributed by atoms with E-state index in [9.17, 15) is 4.79 Å². The Balaban J connectivity index is 2.03. The number of para-hydroxylation sites is 1. The molecule has 0 unspecified atom stereocenters. The molecule has 1 aromatic heterocycles. The van der Waals surface area contributed by atoms with Crippen molar-refractivity contribution in [1.82, 2.24) is 4.98 Å². The maximum Gasteiger partial charge on any atom is 0.303 e. The highest BCUT2D eigenvalue weighted by atomic mass is 16.4. The number of rotatable bonds is 8. The lowest BCUT2D eigenvalue weighted by Gasteiger charge is -2.07. The molecule has 0 radical (unpaired) electrons. The first kappa shape index (κ1) is 15.7. The van der Waals surface area contributed by atoms with Gasteiger partial charge in [-0.1, -0.05) is 24.3 Å². The third-order valence-corrected chi connectivity index (χ3v) is 3.11. The van der Waals surface area contributed by atoms with Crippen LogP contribution in [0, 0.1) is 0 Å². The number of aromatic nitrogens is 1. The van der Waals surface area contributed by atoms with Gasteiger partial charge < -0.3 is 5.11 Å². The average molecular weight is 297 g/mol. The zero-order chi connectivity index (χ0) is 15.6. The standard InChI is InChI=1S/C17H19N3O2/c21-17(22)12-5-4-11-16(15-10-6-7-13-18-15)20-19-14-8-2-1-3-9-14/h1-3,6-10,13,19H,4-5,11-12H2,(H,21,22). The number of hydrazone groups is 1. The molecule has 0 fully saturated rings. The van der Waals surface area contributed by atoms with Crippen LogP contribution in [-0.4, -0.2) is 21.8 Å². The Morgan fingerprint density at radius 3 is 2.45 bits per heavy atom. The van der Waals surface area contributed by atoms with E-state index in [0.717, 1.165) is 23.5 Å². The summed E-state index contributed by atoms with van der Waals surface area (Å²) in [5.41, 5.74) is 5.56. The van der Waals surface area contributed by atoms with Crippen LogP contribution in [0.2, 0.25) is 0 Å². The van der Waals surface area contributed by atoms with Crippen LogP contribution in [0.3, 0.4) is 0 Å². The van der Waals surface area contributed by atoms with Gasteiger partial charge >= 0.3 is 5.97 Å². The van der Waals surface area contributed by atoms with Crippen molar-refractivity contribution in [3.63, 3.8) is 0 Å². The molecule has 1 aromatic carbocycles. The van der Waals surface area contributed by atoms with E-state index in [2.05, 4.69) is 15.5 Å². The molecule has 0 aliphatic rings. The summed E-state index contributed by atoms with van der Waals surface area (Å²) in [5.74, 6) is -0.765. The van der Waals surface area contributed by atoms with Crippen LogP contribution in [0.4, 0.5) is 5.69 Å². The molecule has 2 N–H and O–H groups in total. The Kier molecular flexibility index (Phi) is 6.11. The number of hydrogen-bond acceptors (Lipinski definition) is 4. The number of hydrogen-bond donors (Lipinski definition) is 2. The van der Waals surface area contributed by atoms with E-state index in [1.807, 2.05) is 48.5 Å². The average Bonchev–Trinajstić information content (AvgIpc) is 2.55. The fourth-order valence-corrected chi connectivity index (χ4v) is 1.99. The predicted molar refractivity (Wildman–Crippen MR) is 86.9 cm³/mol. The Morgan fingerprint density at radius 2 is 1.77 bits per heavy atom. The highest BCUT2D eigenvalue weighted by Gasteiger charge is 2.06. The topological polar surface area (TPSA) is 74.6 Å². The Labute approximate surface area is 129 Å². The molecule has 5 heteroatoms. The van der Waals surface area contributed by atoms with Gasteiger partial charge in [-0.15, -0.1) is 0 Å². The van der Waals surface area contributed by atoms with Gasteiger partial charge in [-0.25, -0.2) is 0 Å². The monoisotopic (exact) mass is 297 g/mol. The lowest BCUT2D eigenvalue weighted by molar-refractivity contribution is -0.137. The van der Waals surface area contributed by atoms with E-state index in [4.69, 9.17) is 5.11 Å². The van der Waals surface area contributed by atoms with Crippen molar-refractivity contribution in [2.45, 2.75) is 25.7 Å². The number of aliphatic carboxylic acids is 1. The van der Waals surface area contributed by atoms with Crippen molar-refractivity contribution in [3.05, 3.63) is 60.4 Å². The first-order valence-corrected chi connectivity index (χ1v) is 7.26. The van der Waals surface area contributed by atoms with Crippen molar-refractivity contribution in [2.75, 3.05) is 5.43 Å². The molecule has 0 atom stereocenters. The minimum absolute atomic E-state index is 0.182. The van der Waals surface area contributed by atoms with Gasteiger partial charge in [0.25, 0.3) is 0 Å². The van der Waals surface area contributed by atoms with Crippen LogP contribution in [-0.2, 0) is 4.79 Å². The summed E-state index contributed by atoms with van der Waals surface area (Å²) in [5, 5.41) is 13.1. The van der Waals surface area contributed by atoms with E-state index in [0.29, 0.717) is 12.8 Å². The fraction of sp³-hybridized carbons (Fsp3) is 0.235. The quantitative estimate of drug-likeness (QED) is 0.444. The number of anilines is 1. The molecule has 2 aromatic rings. The van der Waals surface area contributed by atoms with Crippen LogP contribution in [0.1, 0.15) is 31.4 Å². The van der Waals surface area contributed by atoms with Crippen molar-refractivity contribution >= 4 is 17.4 Å². The van der Waals surface area contributed by atoms with Crippen LogP contribution in [0.25, 0.3) is 0 Å². The molecule has 0 saturated carbocycles. The Bertz CT molecular complexity index is 612. The fourth-order valence-electron chi connectivity index (χ4n) is 1.99. The molecule has 0 aliphatic carbocycles. The van der Waals surface area contributed by atoms with Crippen LogP contribution < -0.4 is 5.43 Å². The second kappa shape index (κ2) is 8.56. The van der Waals surface area contributed by atoms with Gasteiger partial charge in [-0.05, 0) is 43.5 Å². The predicted octanol–water partition coefficient (Wildman–Crippen LogP) is 3.54. The molecule has 114 valence electrons. The minimum atomic E-state index is -0.765. The number of unbranched alkanes of at least 4 members (excludes halogenated alkanes) is 1. The van der Waals surface area contributed by atoms with E-state index in [1.165, 1.54) is 0 Å². The minimum Gasteiger partial charge on any atom is -0.481 e. The molecule has 22 heavy (non-hydrogen) atoms. The number of carboxylic acids is 1. The van der Waals surface area contributed by atoms with E-state index in [-0.39, 0.29) is 6.42 Å². The molecule has 1 heterocycles. The van der Waals surface area contributed by atoms with Gasteiger partial charge in [0.15, 0.2) is 0 Å². The van der Waals surface area contributed by atoms with Gasteiger partial charge in [-0.2, -0.15) is 5.10 Å². The SMILES string of the molecule is O=C(O)CCCCC(=NNc1ccccc1)c1ccccn1. The molecule has 0 amide bonds. The van der Waals surface area contributed by atoms with Crippen molar-refractivity contribution in [1.29, 1.82) is 0 Å². The summed E-state index contributed by atoms with van der Waals surface area (Å²) < 4.78 is 0. The zero-order valence-electron chi connectivity index (χ0n) is 12.3.